The fourth-order valence-electron chi connectivity index (χ4n) is 1.04. The molecule has 0 aromatic heterocycles. The van der Waals surface area contributed by atoms with Gasteiger partial charge in [-0.2, -0.15) is 0 Å². The molecule has 4 N–H and O–H groups in total. The van der Waals surface area contributed by atoms with Crippen LogP contribution in [0, 0.1) is 15.3 Å². The number of nitro benzene ring substituents is 1. The third-order valence-corrected chi connectivity index (χ3v) is 2.44. The molecule has 1 aromatic rings. The Morgan fingerprint density at radius 2 is 1.83 bits per heavy atom. The number of guanidine groups is 1. The van der Waals surface area contributed by atoms with Gasteiger partial charge in [-0.15, -0.1) is 9.95 Å². The van der Waals surface area contributed by atoms with Crippen LogP contribution in [-0.2, 0) is 0 Å². The normalized spacial score (nSPS) is 10.6. The molecule has 96 valence electrons. The fraction of sp³-hybridized carbons (Fsp3) is 0. The van der Waals surface area contributed by atoms with Crippen molar-refractivity contribution in [2.24, 2.45) is 16.6 Å². The minimum Gasteiger partial charge on any atom is -0.722 e. The van der Waals surface area contributed by atoms with Gasteiger partial charge in [0.05, 0.1) is 21.7 Å². The molecular formula is C8H7Cl2N5O3. The Morgan fingerprint density at radius 3 is 2.33 bits per heavy atom. The van der Waals surface area contributed by atoms with Crippen molar-refractivity contribution in [3.63, 3.8) is 0 Å². The first-order valence-corrected chi connectivity index (χ1v) is 5.11. The van der Waals surface area contributed by atoms with E-state index in [9.17, 15) is 15.3 Å². The minimum atomic E-state index is -0.736. The van der Waals surface area contributed by atoms with Crippen LogP contribution in [0.2, 0.25) is 10.0 Å². The lowest BCUT2D eigenvalue weighted by Gasteiger charge is -2.04. The molecular weight excluding hydrogens is 285 g/mol. The molecule has 0 heterocycles. The molecule has 0 aliphatic rings. The zero-order chi connectivity index (χ0) is 13.9. The molecule has 0 amide bonds. The number of hydrogen-bond acceptors (Lipinski definition) is 4. The molecule has 10 heteroatoms. The minimum absolute atomic E-state index is 0.0128. The molecule has 0 saturated carbocycles. The van der Waals surface area contributed by atoms with Crippen LogP contribution in [0.5, 0.6) is 0 Å². The Labute approximate surface area is 111 Å². The highest BCUT2D eigenvalue weighted by Crippen LogP contribution is 2.32. The summed E-state index contributed by atoms with van der Waals surface area (Å²) in [6.45, 7) is 0. The van der Waals surface area contributed by atoms with Crippen molar-refractivity contribution < 1.29 is 9.77 Å². The molecule has 0 atom stereocenters. The standard InChI is InChI=1S/C8H7Cl2N5O3/c9-5-1-2-6(10)7(15(17)18)4(5)3-13-14(16)8(11)12/h1-3H,11-12H2. The highest BCUT2D eigenvalue weighted by Gasteiger charge is 2.20. The number of rotatable bonds is 3. The van der Waals surface area contributed by atoms with Gasteiger partial charge in [-0.3, -0.25) is 21.6 Å². The Hall–Kier alpha value is -2.06. The van der Waals surface area contributed by atoms with Crippen molar-refractivity contribution in [1.82, 2.24) is 0 Å². The van der Waals surface area contributed by atoms with Gasteiger partial charge in [-0.05, 0) is 12.1 Å². The van der Waals surface area contributed by atoms with Gasteiger partial charge in [-0.1, -0.05) is 23.2 Å². The summed E-state index contributed by atoms with van der Waals surface area (Å²) in [5, 5.41) is 24.9. The quantitative estimate of drug-likeness (QED) is 0.214. The number of nitro groups is 1. The number of hydrazone groups is 1. The zero-order valence-corrected chi connectivity index (χ0v) is 10.2. The molecule has 0 bridgehead atoms. The van der Waals surface area contributed by atoms with Crippen molar-refractivity contribution in [2.75, 3.05) is 0 Å². The van der Waals surface area contributed by atoms with Crippen molar-refractivity contribution in [3.05, 3.63) is 43.1 Å². The second-order valence-corrected chi connectivity index (χ2v) is 3.81. The Balaban J connectivity index is 3.37. The zero-order valence-electron chi connectivity index (χ0n) is 8.71. The summed E-state index contributed by atoms with van der Waals surface area (Å²) >= 11 is 11.4. The maximum atomic E-state index is 11.0. The molecule has 0 radical (unpaired) electrons. The van der Waals surface area contributed by atoms with Crippen LogP contribution in [0.3, 0.4) is 0 Å². The largest absolute Gasteiger partial charge is 0.722 e. The van der Waals surface area contributed by atoms with Crippen LogP contribution >= 0.6 is 23.2 Å². The van der Waals surface area contributed by atoms with E-state index in [4.69, 9.17) is 34.7 Å². The lowest BCUT2D eigenvalue weighted by molar-refractivity contribution is -0.464. The summed E-state index contributed by atoms with van der Waals surface area (Å²) < 4.78 is 0. The van der Waals surface area contributed by atoms with E-state index in [0.717, 1.165) is 6.21 Å². The third-order valence-electron chi connectivity index (χ3n) is 1.81. The fourth-order valence-corrected chi connectivity index (χ4v) is 1.48. The maximum Gasteiger partial charge on any atom is 0.366 e. The van der Waals surface area contributed by atoms with Gasteiger partial charge in [0.2, 0.25) is 0 Å². The molecule has 0 saturated heterocycles. The smallest absolute Gasteiger partial charge is 0.366 e. The average molecular weight is 292 g/mol. The molecule has 0 fully saturated rings. The Kier molecular flexibility index (Phi) is 4.29. The van der Waals surface area contributed by atoms with Crippen LogP contribution in [0.4, 0.5) is 5.69 Å². The predicted molar refractivity (Wildman–Crippen MR) is 67.7 cm³/mol. The molecule has 0 spiro atoms. The number of hydrogen-bond donors (Lipinski definition) is 2. The molecule has 8 nitrogen and oxygen atoms in total. The second kappa shape index (κ2) is 5.52. The van der Waals surface area contributed by atoms with Gasteiger partial charge >= 0.3 is 5.96 Å². The van der Waals surface area contributed by atoms with Crippen molar-refractivity contribution in [1.29, 1.82) is 0 Å². The van der Waals surface area contributed by atoms with Gasteiger partial charge in [0, 0.05) is 0 Å². The lowest BCUT2D eigenvalue weighted by atomic mass is 10.2. The van der Waals surface area contributed by atoms with E-state index in [2.05, 4.69) is 5.10 Å². The van der Waals surface area contributed by atoms with Crippen LogP contribution in [0.15, 0.2) is 17.2 Å². The van der Waals surface area contributed by atoms with E-state index in [-0.39, 0.29) is 20.5 Å². The van der Waals surface area contributed by atoms with Crippen LogP contribution in [-0.4, -0.2) is 21.9 Å². The SMILES string of the molecule is NC(N)=[N+]([O-])N=Cc1c(Cl)ccc(Cl)c1[N+](=O)[O-]. The molecule has 1 rings (SSSR count). The van der Waals surface area contributed by atoms with Crippen LogP contribution in [0.1, 0.15) is 5.56 Å². The van der Waals surface area contributed by atoms with Crippen molar-refractivity contribution in [2.45, 2.75) is 0 Å². The Bertz CT molecular complexity index is 554. The topological polar surface area (TPSA) is 134 Å². The van der Waals surface area contributed by atoms with Gasteiger partial charge < -0.3 is 5.21 Å². The van der Waals surface area contributed by atoms with Gasteiger partial charge in [-0.25, -0.2) is 0 Å². The summed E-state index contributed by atoms with van der Waals surface area (Å²) in [4.78, 5) is 9.98. The first-order chi connectivity index (χ1) is 8.34. The third kappa shape index (κ3) is 2.99. The average Bonchev–Trinajstić information content (AvgIpc) is 2.28. The van der Waals surface area contributed by atoms with Crippen LogP contribution in [0.25, 0.3) is 0 Å². The van der Waals surface area contributed by atoms with E-state index >= 15 is 0 Å². The predicted octanol–water partition coefficient (Wildman–Crippen LogP) is 1.02. The second-order valence-electron chi connectivity index (χ2n) is 2.99. The monoisotopic (exact) mass is 291 g/mol. The summed E-state index contributed by atoms with van der Waals surface area (Å²) in [5.74, 6) is -0.618. The number of nitrogens with zero attached hydrogens (tertiary/aromatic N) is 3. The number of benzene rings is 1. The lowest BCUT2D eigenvalue weighted by Crippen LogP contribution is -2.30. The summed E-state index contributed by atoms with van der Waals surface area (Å²) in [6.07, 6.45) is 0.860. The van der Waals surface area contributed by atoms with E-state index in [0.29, 0.717) is 0 Å². The van der Waals surface area contributed by atoms with E-state index < -0.39 is 16.6 Å². The van der Waals surface area contributed by atoms with Crippen molar-refractivity contribution in [3.8, 4) is 0 Å². The molecule has 18 heavy (non-hydrogen) atoms. The molecule has 0 aliphatic heterocycles. The van der Waals surface area contributed by atoms with E-state index in [1.165, 1.54) is 12.1 Å². The molecule has 0 aliphatic carbocycles. The maximum absolute atomic E-state index is 11.0. The van der Waals surface area contributed by atoms with Gasteiger partial charge in [0.25, 0.3) is 5.69 Å². The first-order valence-electron chi connectivity index (χ1n) is 4.36. The summed E-state index contributed by atoms with van der Waals surface area (Å²) in [6, 6.07) is 2.60. The van der Waals surface area contributed by atoms with Gasteiger partial charge in [0.1, 0.15) is 5.02 Å². The first kappa shape index (κ1) is 14.0. The van der Waals surface area contributed by atoms with E-state index in [1.54, 1.807) is 0 Å². The van der Waals surface area contributed by atoms with E-state index in [1.807, 2.05) is 0 Å². The Morgan fingerprint density at radius 1 is 1.28 bits per heavy atom. The number of halogens is 2. The van der Waals surface area contributed by atoms with Crippen molar-refractivity contribution >= 4 is 41.1 Å². The summed E-state index contributed by atoms with van der Waals surface area (Å²) in [7, 11) is 0. The number of nitrogens with two attached hydrogens (primary N) is 2. The van der Waals surface area contributed by atoms with Gasteiger partial charge in [0.15, 0.2) is 0 Å². The molecule has 1 aromatic carbocycles. The van der Waals surface area contributed by atoms with Crippen LogP contribution < -0.4 is 11.5 Å². The highest BCUT2D eigenvalue weighted by atomic mass is 35.5. The molecule has 0 unspecified atom stereocenters. The summed E-state index contributed by atoms with van der Waals surface area (Å²) in [5.41, 5.74) is 9.36. The highest BCUT2D eigenvalue weighted by molar-refractivity contribution is 6.37.